The summed E-state index contributed by atoms with van der Waals surface area (Å²) >= 11 is 1.49. The molecule has 0 spiro atoms. The molecular formula is C21H24FN7S. The van der Waals surface area contributed by atoms with E-state index < -0.39 is 5.82 Å². The van der Waals surface area contributed by atoms with Crippen molar-refractivity contribution in [2.75, 3.05) is 37.8 Å². The van der Waals surface area contributed by atoms with Gasteiger partial charge in [-0.2, -0.15) is 5.26 Å². The van der Waals surface area contributed by atoms with Crippen molar-refractivity contribution in [3.05, 3.63) is 41.8 Å². The molecule has 30 heavy (non-hydrogen) atoms. The van der Waals surface area contributed by atoms with E-state index in [0.29, 0.717) is 29.4 Å². The molecule has 3 aromatic rings. The summed E-state index contributed by atoms with van der Waals surface area (Å²) in [5.41, 5.74) is 2.03. The van der Waals surface area contributed by atoms with Gasteiger partial charge >= 0.3 is 0 Å². The van der Waals surface area contributed by atoms with E-state index in [1.54, 1.807) is 18.3 Å². The van der Waals surface area contributed by atoms with Gasteiger partial charge in [0.15, 0.2) is 5.13 Å². The lowest BCUT2D eigenvalue weighted by atomic mass is 10.0. The first-order valence-corrected chi connectivity index (χ1v) is 10.4. The van der Waals surface area contributed by atoms with Crippen LogP contribution in [-0.2, 0) is 0 Å². The molecule has 2 aromatic heterocycles. The first-order chi connectivity index (χ1) is 14.4. The van der Waals surface area contributed by atoms with Gasteiger partial charge in [-0.1, -0.05) is 11.3 Å². The van der Waals surface area contributed by atoms with Gasteiger partial charge in [0.05, 0.1) is 27.9 Å². The number of hydrogen-bond acceptors (Lipinski definition) is 8. The van der Waals surface area contributed by atoms with E-state index in [4.69, 9.17) is 0 Å². The summed E-state index contributed by atoms with van der Waals surface area (Å²) in [4.78, 5) is 16.6. The molecule has 3 rings (SSSR count). The van der Waals surface area contributed by atoms with Gasteiger partial charge in [-0.05, 0) is 52.2 Å². The van der Waals surface area contributed by atoms with Crippen LogP contribution in [-0.4, -0.2) is 53.1 Å². The van der Waals surface area contributed by atoms with Gasteiger partial charge in [0.2, 0.25) is 5.95 Å². The number of hydrogen-bond donors (Lipinski definition) is 2. The van der Waals surface area contributed by atoms with Crippen LogP contribution >= 0.6 is 11.3 Å². The minimum absolute atomic E-state index is 0.227. The molecule has 0 bridgehead atoms. The molecule has 7 nitrogen and oxygen atoms in total. The maximum absolute atomic E-state index is 13.6. The smallest absolute Gasteiger partial charge is 0.223 e. The van der Waals surface area contributed by atoms with Crippen molar-refractivity contribution in [1.82, 2.24) is 19.9 Å². The second-order valence-electron chi connectivity index (χ2n) is 7.32. The van der Waals surface area contributed by atoms with E-state index in [2.05, 4.69) is 50.4 Å². The van der Waals surface area contributed by atoms with E-state index in [9.17, 15) is 9.65 Å². The van der Waals surface area contributed by atoms with Crippen molar-refractivity contribution >= 4 is 22.4 Å². The Balaban J connectivity index is 2.03. The zero-order valence-electron chi connectivity index (χ0n) is 17.4. The van der Waals surface area contributed by atoms with Crippen molar-refractivity contribution in [3.8, 4) is 27.9 Å². The highest BCUT2D eigenvalue weighted by molar-refractivity contribution is 7.18. The molecule has 2 heterocycles. The van der Waals surface area contributed by atoms with Crippen LogP contribution in [0.2, 0.25) is 0 Å². The first-order valence-electron chi connectivity index (χ1n) is 9.56. The van der Waals surface area contributed by atoms with Crippen molar-refractivity contribution in [2.45, 2.75) is 19.9 Å². The van der Waals surface area contributed by atoms with Gasteiger partial charge in [-0.25, -0.2) is 19.3 Å². The van der Waals surface area contributed by atoms with Crippen LogP contribution in [0.15, 0.2) is 30.5 Å². The van der Waals surface area contributed by atoms with Gasteiger partial charge in [-0.15, -0.1) is 0 Å². The van der Waals surface area contributed by atoms with Gasteiger partial charge in [0.1, 0.15) is 5.82 Å². The quantitative estimate of drug-likeness (QED) is 0.562. The number of thiazole rings is 1. The van der Waals surface area contributed by atoms with Crippen molar-refractivity contribution in [3.63, 3.8) is 0 Å². The summed E-state index contributed by atoms with van der Waals surface area (Å²) in [6, 6.07) is 8.24. The summed E-state index contributed by atoms with van der Waals surface area (Å²) in [6.45, 7) is 5.57. The fourth-order valence-corrected chi connectivity index (χ4v) is 3.64. The molecule has 0 aliphatic rings. The average Bonchev–Trinajstić information content (AvgIpc) is 3.15. The monoisotopic (exact) mass is 425 g/mol. The third-order valence-corrected chi connectivity index (χ3v) is 5.07. The van der Waals surface area contributed by atoms with Crippen LogP contribution in [0.25, 0.3) is 21.8 Å². The zero-order valence-corrected chi connectivity index (χ0v) is 18.2. The lowest BCUT2D eigenvalue weighted by Gasteiger charge is -2.12. The number of halogens is 1. The molecule has 2 N–H and O–H groups in total. The van der Waals surface area contributed by atoms with Gasteiger partial charge in [0, 0.05) is 30.9 Å². The van der Waals surface area contributed by atoms with E-state index >= 15 is 0 Å². The molecular weight excluding hydrogens is 401 g/mol. The van der Waals surface area contributed by atoms with E-state index in [-0.39, 0.29) is 11.6 Å². The van der Waals surface area contributed by atoms with Gasteiger partial charge in [-0.3, -0.25) is 0 Å². The fraction of sp³-hybridized carbons (Fsp3) is 0.333. The highest BCUT2D eigenvalue weighted by Crippen LogP contribution is 2.32. The Labute approximate surface area is 179 Å². The fourth-order valence-electron chi connectivity index (χ4n) is 2.72. The number of nitrogens with one attached hydrogen (secondary N) is 2. The number of nitrogens with zero attached hydrogens (tertiary/aromatic N) is 5. The third kappa shape index (κ3) is 5.49. The summed E-state index contributed by atoms with van der Waals surface area (Å²) in [5, 5.41) is 16.8. The maximum atomic E-state index is 13.6. The number of benzene rings is 1. The van der Waals surface area contributed by atoms with Crippen LogP contribution in [0, 0.1) is 17.1 Å². The largest absolute Gasteiger partial charge is 0.359 e. The first kappa shape index (κ1) is 21.6. The predicted octanol–water partition coefficient (Wildman–Crippen LogP) is 4.07. The molecule has 0 amide bonds. The Morgan fingerprint density at radius 2 is 1.97 bits per heavy atom. The number of likely N-dealkylation sites (N-methyl/N-ethyl adjacent to an activating group) is 1. The zero-order chi connectivity index (χ0) is 21.7. The SMILES string of the molecule is CC(C)Nc1ncc(-c2cc(-c3ccc(F)cc3C#N)nc(NCCN(C)C)n2)s1. The maximum Gasteiger partial charge on any atom is 0.223 e. The molecule has 0 saturated carbocycles. The van der Waals surface area contributed by atoms with Crippen molar-refractivity contribution < 1.29 is 4.39 Å². The second-order valence-corrected chi connectivity index (χ2v) is 8.35. The number of anilines is 2. The Hall–Kier alpha value is -3.09. The minimum atomic E-state index is -0.458. The molecule has 0 aliphatic heterocycles. The second kappa shape index (κ2) is 9.61. The van der Waals surface area contributed by atoms with Crippen LogP contribution in [0.5, 0.6) is 0 Å². The average molecular weight is 426 g/mol. The number of aromatic nitrogens is 3. The van der Waals surface area contributed by atoms with Crippen molar-refractivity contribution in [1.29, 1.82) is 5.26 Å². The molecule has 1 aromatic carbocycles. The Morgan fingerprint density at radius 1 is 1.20 bits per heavy atom. The molecule has 0 unspecified atom stereocenters. The molecule has 0 saturated heterocycles. The minimum Gasteiger partial charge on any atom is -0.359 e. The van der Waals surface area contributed by atoms with E-state index in [1.807, 2.05) is 14.1 Å². The molecule has 9 heteroatoms. The standard InChI is InChI=1S/C21H24FN7S/c1-13(2)26-21-25-12-19(30-21)18-10-17(16-6-5-15(22)9-14(16)11-23)27-20(28-18)24-7-8-29(3)4/h5-6,9-10,12-13H,7-8H2,1-4H3,(H,25,26)(H,24,27,28). The normalized spacial score (nSPS) is 11.0. The van der Waals surface area contributed by atoms with E-state index in [1.165, 1.54) is 23.5 Å². The molecule has 0 fully saturated rings. The summed E-state index contributed by atoms with van der Waals surface area (Å²) < 4.78 is 13.6. The summed E-state index contributed by atoms with van der Waals surface area (Å²) in [5.74, 6) is -0.00916. The molecule has 156 valence electrons. The highest BCUT2D eigenvalue weighted by Gasteiger charge is 2.14. The number of nitriles is 1. The highest BCUT2D eigenvalue weighted by atomic mass is 32.1. The lowest BCUT2D eigenvalue weighted by Crippen LogP contribution is -2.21. The Kier molecular flexibility index (Phi) is 6.92. The molecule has 0 aliphatic carbocycles. The Morgan fingerprint density at radius 3 is 2.67 bits per heavy atom. The molecule has 0 radical (unpaired) electrons. The van der Waals surface area contributed by atoms with Crippen molar-refractivity contribution in [2.24, 2.45) is 0 Å². The third-order valence-electron chi connectivity index (χ3n) is 4.12. The lowest BCUT2D eigenvalue weighted by molar-refractivity contribution is 0.425. The van der Waals surface area contributed by atoms with Crippen LogP contribution < -0.4 is 10.6 Å². The Bertz CT molecular complexity index is 1060. The van der Waals surface area contributed by atoms with E-state index in [0.717, 1.165) is 16.6 Å². The topological polar surface area (TPSA) is 89.8 Å². The summed E-state index contributed by atoms with van der Waals surface area (Å²) in [6.07, 6.45) is 1.76. The summed E-state index contributed by atoms with van der Waals surface area (Å²) in [7, 11) is 3.98. The van der Waals surface area contributed by atoms with Crippen LogP contribution in [0.3, 0.4) is 0 Å². The van der Waals surface area contributed by atoms with Crippen LogP contribution in [0.4, 0.5) is 15.5 Å². The predicted molar refractivity (Wildman–Crippen MR) is 119 cm³/mol. The molecule has 0 atom stereocenters. The van der Waals surface area contributed by atoms with Gasteiger partial charge < -0.3 is 15.5 Å². The number of rotatable bonds is 8. The van der Waals surface area contributed by atoms with Crippen LogP contribution in [0.1, 0.15) is 19.4 Å². The van der Waals surface area contributed by atoms with Gasteiger partial charge in [0.25, 0.3) is 0 Å².